The summed E-state index contributed by atoms with van der Waals surface area (Å²) in [5, 5.41) is 24.9. The quantitative estimate of drug-likeness (QED) is 0.257. The molecule has 0 heterocycles. The normalized spacial score (nSPS) is 15.2. The Morgan fingerprint density at radius 1 is 1.42 bits per heavy atom. The molecule has 0 radical (unpaired) electrons. The topological polar surface area (TPSA) is 133 Å². The summed E-state index contributed by atoms with van der Waals surface area (Å²) in [5.74, 6) is -2.69. The van der Waals surface area contributed by atoms with E-state index in [0.29, 0.717) is 0 Å². The van der Waals surface area contributed by atoms with Crippen molar-refractivity contribution in [3.05, 3.63) is 0 Å². The Labute approximate surface area is 67.7 Å². The van der Waals surface area contributed by atoms with Crippen LogP contribution < -0.4 is 11.2 Å². The lowest BCUT2D eigenvalue weighted by atomic mass is 10.1. The molecule has 0 saturated carbocycles. The molecule has 7 heteroatoms. The van der Waals surface area contributed by atoms with Crippen LogP contribution in [0.25, 0.3) is 0 Å². The van der Waals surface area contributed by atoms with Gasteiger partial charge in [-0.1, -0.05) is 0 Å². The second-order valence-electron chi connectivity index (χ2n) is 2.28. The fourth-order valence-corrected chi connectivity index (χ4v) is 0.515. The second kappa shape index (κ2) is 4.00. The van der Waals surface area contributed by atoms with E-state index >= 15 is 0 Å². The third-order valence-corrected chi connectivity index (χ3v) is 1.31. The highest BCUT2D eigenvalue weighted by molar-refractivity contribution is 5.78. The average Bonchev–Trinajstić information content (AvgIpc) is 1.99. The number of hydrogen-bond acceptors (Lipinski definition) is 5. The molecule has 0 bridgehead atoms. The third-order valence-electron chi connectivity index (χ3n) is 1.31. The lowest BCUT2D eigenvalue weighted by Crippen LogP contribution is -2.58. The van der Waals surface area contributed by atoms with Gasteiger partial charge in [-0.3, -0.25) is 4.79 Å². The molecule has 7 nitrogen and oxygen atoms in total. The molecule has 0 saturated heterocycles. The summed E-state index contributed by atoms with van der Waals surface area (Å²) in [6.45, 7) is 0. The second-order valence-corrected chi connectivity index (χ2v) is 2.28. The molecule has 0 spiro atoms. The minimum Gasteiger partial charge on any atom is -0.481 e. The van der Waals surface area contributed by atoms with Crippen molar-refractivity contribution in [2.75, 3.05) is 0 Å². The molecule has 0 aliphatic carbocycles. The van der Waals surface area contributed by atoms with Crippen LogP contribution in [-0.4, -0.2) is 33.0 Å². The van der Waals surface area contributed by atoms with E-state index in [0.717, 1.165) is 0 Å². The molecule has 0 fully saturated rings. The lowest BCUT2D eigenvalue weighted by molar-refractivity contribution is -0.151. The highest BCUT2D eigenvalue weighted by Gasteiger charge is 2.33. The van der Waals surface area contributed by atoms with Crippen LogP contribution in [0.4, 0.5) is 0 Å². The minimum absolute atomic E-state index is 0.395. The van der Waals surface area contributed by atoms with E-state index in [9.17, 15) is 9.59 Å². The van der Waals surface area contributed by atoms with Crippen molar-refractivity contribution < 1.29 is 25.0 Å². The molecule has 1 unspecified atom stereocenters. The Balaban J connectivity index is 4.15. The Bertz CT molecular complexity index is 194. The predicted molar refractivity (Wildman–Crippen MR) is 36.3 cm³/mol. The van der Waals surface area contributed by atoms with Gasteiger partial charge in [0.25, 0.3) is 0 Å². The number of aliphatic carboxylic acids is 2. The molecule has 0 aromatic rings. The van der Waals surface area contributed by atoms with E-state index in [4.69, 9.17) is 21.2 Å². The Morgan fingerprint density at radius 3 is 2.17 bits per heavy atom. The number of carboxylic acids is 2. The van der Waals surface area contributed by atoms with Gasteiger partial charge in [0.2, 0.25) is 0 Å². The third kappa shape index (κ3) is 2.82. The summed E-state index contributed by atoms with van der Waals surface area (Å²) in [4.78, 5) is 20.4. The van der Waals surface area contributed by atoms with Gasteiger partial charge in [-0.2, -0.15) is 5.48 Å². The van der Waals surface area contributed by atoms with Gasteiger partial charge in [-0.05, 0) is 0 Å². The van der Waals surface area contributed by atoms with Crippen LogP contribution in [0.3, 0.4) is 0 Å². The summed E-state index contributed by atoms with van der Waals surface area (Å²) in [6.07, 6.45) is -0.829. The van der Waals surface area contributed by atoms with Crippen LogP contribution in [0.15, 0.2) is 0 Å². The van der Waals surface area contributed by atoms with Crippen molar-refractivity contribution in [3.8, 4) is 0 Å². The van der Waals surface area contributed by atoms with Gasteiger partial charge in [0.05, 0.1) is 0 Å². The van der Waals surface area contributed by atoms with Crippen molar-refractivity contribution >= 4 is 11.9 Å². The van der Waals surface area contributed by atoms with Crippen molar-refractivity contribution in [2.45, 2.75) is 18.5 Å². The van der Waals surface area contributed by atoms with Gasteiger partial charge in [0, 0.05) is 12.8 Å². The first kappa shape index (κ1) is 10.8. The molecular weight excluding hydrogens is 168 g/mol. The standard InChI is InChI=1S/C5H10N2O5/c6-5(7-12,4(10)11)2-1-3(8)9/h7,12H,1-2,6H2,(H,8,9)(H,10,11). The van der Waals surface area contributed by atoms with E-state index in [2.05, 4.69) is 0 Å². The number of carbonyl (C=O) groups is 2. The van der Waals surface area contributed by atoms with E-state index in [-0.39, 0.29) is 0 Å². The van der Waals surface area contributed by atoms with Gasteiger partial charge >= 0.3 is 11.9 Å². The monoisotopic (exact) mass is 178 g/mol. The minimum atomic E-state index is -2.08. The van der Waals surface area contributed by atoms with Crippen LogP contribution in [0.1, 0.15) is 12.8 Å². The largest absolute Gasteiger partial charge is 0.481 e. The first-order valence-corrected chi connectivity index (χ1v) is 3.07. The van der Waals surface area contributed by atoms with Gasteiger partial charge < -0.3 is 21.2 Å². The van der Waals surface area contributed by atoms with Crippen molar-refractivity contribution in [1.29, 1.82) is 0 Å². The maximum absolute atomic E-state index is 10.3. The molecule has 1 atom stereocenters. The molecule has 0 aromatic carbocycles. The lowest BCUT2D eigenvalue weighted by Gasteiger charge is -2.21. The van der Waals surface area contributed by atoms with Crippen LogP contribution >= 0.6 is 0 Å². The summed E-state index contributed by atoms with van der Waals surface area (Å²) in [7, 11) is 0. The molecule has 6 N–H and O–H groups in total. The van der Waals surface area contributed by atoms with Gasteiger partial charge in [-0.25, -0.2) is 4.79 Å². The van der Waals surface area contributed by atoms with Crippen molar-refractivity contribution in [3.63, 3.8) is 0 Å². The Kier molecular flexibility index (Phi) is 3.61. The number of rotatable bonds is 5. The number of hydroxylamine groups is 1. The summed E-state index contributed by atoms with van der Waals surface area (Å²) < 4.78 is 0. The summed E-state index contributed by atoms with van der Waals surface area (Å²) in [5.41, 5.74) is 4.33. The van der Waals surface area contributed by atoms with Crippen molar-refractivity contribution in [1.82, 2.24) is 5.48 Å². The molecule has 0 rings (SSSR count). The summed E-state index contributed by atoms with van der Waals surface area (Å²) >= 11 is 0. The van der Waals surface area contributed by atoms with Crippen molar-refractivity contribution in [2.24, 2.45) is 5.73 Å². The SMILES string of the molecule is NC(CCC(=O)O)(NO)C(=O)O. The molecule has 0 aliphatic heterocycles. The fourth-order valence-electron chi connectivity index (χ4n) is 0.515. The zero-order chi connectivity index (χ0) is 9.78. The molecule has 70 valence electrons. The fraction of sp³-hybridized carbons (Fsp3) is 0.600. The molecule has 0 amide bonds. The molecule has 0 aliphatic rings. The Morgan fingerprint density at radius 2 is 1.92 bits per heavy atom. The van der Waals surface area contributed by atoms with E-state index in [1.165, 1.54) is 5.48 Å². The van der Waals surface area contributed by atoms with Gasteiger partial charge in [0.15, 0.2) is 5.66 Å². The molecule has 12 heavy (non-hydrogen) atoms. The van der Waals surface area contributed by atoms with E-state index < -0.39 is 30.4 Å². The van der Waals surface area contributed by atoms with Gasteiger partial charge in [-0.15, -0.1) is 0 Å². The highest BCUT2D eigenvalue weighted by Crippen LogP contribution is 2.05. The first-order valence-electron chi connectivity index (χ1n) is 3.07. The smallest absolute Gasteiger partial charge is 0.340 e. The maximum Gasteiger partial charge on any atom is 0.340 e. The number of nitrogens with one attached hydrogen (secondary N) is 1. The Hall–Kier alpha value is -1.18. The van der Waals surface area contributed by atoms with Crippen LogP contribution in [0.5, 0.6) is 0 Å². The zero-order valence-electron chi connectivity index (χ0n) is 6.15. The maximum atomic E-state index is 10.3. The average molecular weight is 178 g/mol. The van der Waals surface area contributed by atoms with Crippen LogP contribution in [0.2, 0.25) is 0 Å². The van der Waals surface area contributed by atoms with E-state index in [1.54, 1.807) is 0 Å². The molecular formula is C5H10N2O5. The van der Waals surface area contributed by atoms with Crippen LogP contribution in [0, 0.1) is 0 Å². The first-order chi connectivity index (χ1) is 5.42. The zero-order valence-corrected chi connectivity index (χ0v) is 6.15. The molecule has 0 aromatic heterocycles. The number of hydrogen-bond donors (Lipinski definition) is 5. The number of nitrogens with two attached hydrogens (primary N) is 1. The highest BCUT2D eigenvalue weighted by atomic mass is 16.5. The van der Waals surface area contributed by atoms with E-state index in [1.807, 2.05) is 0 Å². The van der Waals surface area contributed by atoms with Gasteiger partial charge in [0.1, 0.15) is 0 Å². The van der Waals surface area contributed by atoms with Crippen LogP contribution in [-0.2, 0) is 9.59 Å². The predicted octanol–water partition coefficient (Wildman–Crippen LogP) is -1.43. The number of carboxylic acid groups (broad SMARTS) is 2. The summed E-state index contributed by atoms with van der Waals surface area (Å²) in [6, 6.07) is 0.